The van der Waals surface area contributed by atoms with E-state index in [1.807, 2.05) is 18.2 Å². The minimum atomic E-state index is -0.372. The topological polar surface area (TPSA) is 91.2 Å². The van der Waals surface area contributed by atoms with Crippen molar-refractivity contribution in [1.82, 2.24) is 14.7 Å². The maximum Gasteiger partial charge on any atom is 0.271 e. The average Bonchev–Trinajstić information content (AvgIpc) is 3.39. The Balaban J connectivity index is 1.18. The van der Waals surface area contributed by atoms with Crippen LogP contribution in [0, 0.1) is 0 Å². The zero-order chi connectivity index (χ0) is 19.8. The molecule has 1 fully saturated rings. The van der Waals surface area contributed by atoms with Crippen LogP contribution in [0.3, 0.4) is 0 Å². The van der Waals surface area contributed by atoms with Gasteiger partial charge in [-0.3, -0.25) is 14.0 Å². The van der Waals surface area contributed by atoms with Crippen molar-refractivity contribution in [3.8, 4) is 17.2 Å². The van der Waals surface area contributed by atoms with Gasteiger partial charge in [0.25, 0.3) is 11.5 Å². The molecule has 0 bridgehead atoms. The lowest BCUT2D eigenvalue weighted by molar-refractivity contribution is 0.0891. The summed E-state index contributed by atoms with van der Waals surface area (Å²) in [5, 5.41) is 4.74. The predicted molar refractivity (Wildman–Crippen MR) is 106 cm³/mol. The van der Waals surface area contributed by atoms with Gasteiger partial charge in [-0.25, -0.2) is 4.98 Å². The first-order valence-corrected chi connectivity index (χ1v) is 10.4. The Kier molecular flexibility index (Phi) is 4.59. The van der Waals surface area contributed by atoms with Gasteiger partial charge in [-0.15, -0.1) is 11.3 Å². The highest BCUT2D eigenvalue weighted by Gasteiger charge is 2.25. The van der Waals surface area contributed by atoms with E-state index in [0.29, 0.717) is 10.7 Å². The van der Waals surface area contributed by atoms with Gasteiger partial charge in [0.2, 0.25) is 6.79 Å². The molecule has 0 saturated heterocycles. The van der Waals surface area contributed by atoms with Crippen LogP contribution in [0.25, 0.3) is 4.96 Å². The Hall–Kier alpha value is -3.07. The van der Waals surface area contributed by atoms with Gasteiger partial charge in [0, 0.05) is 29.9 Å². The first-order valence-electron chi connectivity index (χ1n) is 9.49. The van der Waals surface area contributed by atoms with Gasteiger partial charge in [-0.05, 0) is 37.8 Å². The van der Waals surface area contributed by atoms with Crippen LogP contribution >= 0.6 is 11.3 Å². The molecule has 3 heterocycles. The number of ether oxygens (including phenoxy) is 3. The number of fused-ring (bicyclic) bond motifs is 2. The molecule has 0 unspecified atom stereocenters. The number of nitrogens with zero attached hydrogens (tertiary/aromatic N) is 2. The number of carbonyl (C=O) groups is 1. The Labute approximate surface area is 170 Å². The molecule has 9 heteroatoms. The Morgan fingerprint density at radius 2 is 2.03 bits per heavy atom. The number of hydrogen-bond acceptors (Lipinski definition) is 7. The number of benzene rings is 1. The van der Waals surface area contributed by atoms with E-state index in [4.69, 9.17) is 14.2 Å². The summed E-state index contributed by atoms with van der Waals surface area (Å²) in [7, 11) is 0. The van der Waals surface area contributed by atoms with E-state index in [-0.39, 0.29) is 36.0 Å². The SMILES string of the molecule is O=C(NC1CCC(Oc2ccc3c(c2)OCO3)CC1)c1cnc2sccn2c1=O. The fourth-order valence-electron chi connectivity index (χ4n) is 3.71. The lowest BCUT2D eigenvalue weighted by Gasteiger charge is -2.29. The fraction of sp³-hybridized carbons (Fsp3) is 0.350. The highest BCUT2D eigenvalue weighted by Crippen LogP contribution is 2.36. The van der Waals surface area contributed by atoms with Crippen LogP contribution in [0.5, 0.6) is 17.2 Å². The molecule has 8 nitrogen and oxygen atoms in total. The molecule has 3 aromatic rings. The van der Waals surface area contributed by atoms with Crippen LogP contribution in [0.15, 0.2) is 40.8 Å². The summed E-state index contributed by atoms with van der Waals surface area (Å²) < 4.78 is 18.2. The first kappa shape index (κ1) is 18.0. The van der Waals surface area contributed by atoms with E-state index in [2.05, 4.69) is 10.3 Å². The summed E-state index contributed by atoms with van der Waals surface area (Å²) in [6.45, 7) is 0.238. The highest BCUT2D eigenvalue weighted by molar-refractivity contribution is 7.15. The normalized spacial score (nSPS) is 20.6. The fourth-order valence-corrected chi connectivity index (χ4v) is 4.39. The minimum Gasteiger partial charge on any atom is -0.490 e. The molecule has 1 aliphatic carbocycles. The van der Waals surface area contributed by atoms with Gasteiger partial charge >= 0.3 is 0 Å². The molecule has 0 radical (unpaired) electrons. The molecule has 0 spiro atoms. The van der Waals surface area contributed by atoms with Crippen molar-refractivity contribution in [2.24, 2.45) is 0 Å². The molecule has 1 N–H and O–H groups in total. The molecule has 1 saturated carbocycles. The van der Waals surface area contributed by atoms with Crippen molar-refractivity contribution in [2.75, 3.05) is 6.79 Å². The number of rotatable bonds is 4. The van der Waals surface area contributed by atoms with E-state index in [9.17, 15) is 9.59 Å². The van der Waals surface area contributed by atoms with E-state index >= 15 is 0 Å². The average molecular weight is 413 g/mol. The van der Waals surface area contributed by atoms with Crippen LogP contribution < -0.4 is 25.1 Å². The van der Waals surface area contributed by atoms with Gasteiger partial charge in [0.15, 0.2) is 16.5 Å². The predicted octanol–water partition coefficient (Wildman–Crippen LogP) is 2.60. The Bertz CT molecular complexity index is 1120. The number of thiazole rings is 1. The maximum atomic E-state index is 12.6. The minimum absolute atomic E-state index is 0.0154. The smallest absolute Gasteiger partial charge is 0.271 e. The summed E-state index contributed by atoms with van der Waals surface area (Å²) in [5.41, 5.74) is -0.270. The number of hydrogen-bond donors (Lipinski definition) is 1. The number of aromatic nitrogens is 2. The lowest BCUT2D eigenvalue weighted by Crippen LogP contribution is -2.41. The van der Waals surface area contributed by atoms with E-state index < -0.39 is 0 Å². The molecule has 2 aromatic heterocycles. The first-order chi connectivity index (χ1) is 14.2. The third-order valence-electron chi connectivity index (χ3n) is 5.24. The quantitative estimate of drug-likeness (QED) is 0.707. The summed E-state index contributed by atoms with van der Waals surface area (Å²) in [5.74, 6) is 1.81. The molecule has 1 aromatic carbocycles. The van der Waals surface area contributed by atoms with Crippen molar-refractivity contribution >= 4 is 22.2 Å². The van der Waals surface area contributed by atoms with Gasteiger partial charge in [0.1, 0.15) is 11.3 Å². The summed E-state index contributed by atoms with van der Waals surface area (Å²) in [6, 6.07) is 5.58. The van der Waals surface area contributed by atoms with Crippen LogP contribution in [0.1, 0.15) is 36.0 Å². The standard InChI is InChI=1S/C20H19N3O5S/c24-18(15-10-21-20-23(19(15)25)7-8-29-20)22-12-1-3-13(4-2-12)28-14-5-6-16-17(9-14)27-11-26-16/h5-10,12-13H,1-4,11H2,(H,22,24). The molecule has 29 heavy (non-hydrogen) atoms. The Morgan fingerprint density at radius 1 is 1.21 bits per heavy atom. The molecule has 5 rings (SSSR count). The molecule has 1 aliphatic heterocycles. The third kappa shape index (κ3) is 3.53. The van der Waals surface area contributed by atoms with Crippen LogP contribution in [0.4, 0.5) is 0 Å². The monoisotopic (exact) mass is 413 g/mol. The van der Waals surface area contributed by atoms with Crippen molar-refractivity contribution < 1.29 is 19.0 Å². The van der Waals surface area contributed by atoms with E-state index in [1.165, 1.54) is 21.9 Å². The van der Waals surface area contributed by atoms with E-state index in [1.54, 1.807) is 11.6 Å². The van der Waals surface area contributed by atoms with Crippen LogP contribution in [0.2, 0.25) is 0 Å². The van der Waals surface area contributed by atoms with Gasteiger partial charge in [-0.1, -0.05) is 0 Å². The van der Waals surface area contributed by atoms with Crippen LogP contribution in [-0.2, 0) is 0 Å². The molecule has 150 valence electrons. The number of amides is 1. The van der Waals surface area contributed by atoms with E-state index in [0.717, 1.165) is 37.2 Å². The highest BCUT2D eigenvalue weighted by atomic mass is 32.1. The molecular weight excluding hydrogens is 394 g/mol. The van der Waals surface area contributed by atoms with Gasteiger partial charge < -0.3 is 19.5 Å². The summed E-state index contributed by atoms with van der Waals surface area (Å²) in [6.07, 6.45) is 6.29. The van der Waals surface area contributed by atoms with Crippen molar-refractivity contribution in [2.45, 2.75) is 37.8 Å². The number of carbonyl (C=O) groups excluding carboxylic acids is 1. The zero-order valence-corrected chi connectivity index (χ0v) is 16.3. The van der Waals surface area contributed by atoms with Crippen LogP contribution in [-0.4, -0.2) is 34.2 Å². The second kappa shape index (κ2) is 7.40. The summed E-state index contributed by atoms with van der Waals surface area (Å²) in [4.78, 5) is 29.8. The molecule has 0 atom stereocenters. The molecular formula is C20H19N3O5S. The summed E-state index contributed by atoms with van der Waals surface area (Å²) >= 11 is 1.36. The third-order valence-corrected chi connectivity index (χ3v) is 6.01. The zero-order valence-electron chi connectivity index (χ0n) is 15.5. The largest absolute Gasteiger partial charge is 0.490 e. The van der Waals surface area contributed by atoms with Gasteiger partial charge in [0.05, 0.1) is 6.10 Å². The second-order valence-electron chi connectivity index (χ2n) is 7.11. The lowest BCUT2D eigenvalue weighted by atomic mass is 9.92. The van der Waals surface area contributed by atoms with Crippen molar-refractivity contribution in [3.05, 3.63) is 51.9 Å². The Morgan fingerprint density at radius 3 is 2.90 bits per heavy atom. The molecule has 2 aliphatic rings. The van der Waals surface area contributed by atoms with Crippen molar-refractivity contribution in [3.63, 3.8) is 0 Å². The van der Waals surface area contributed by atoms with Crippen molar-refractivity contribution in [1.29, 1.82) is 0 Å². The molecule has 1 amide bonds. The second-order valence-corrected chi connectivity index (χ2v) is 7.99. The van der Waals surface area contributed by atoms with Gasteiger partial charge in [-0.2, -0.15) is 0 Å². The number of nitrogens with one attached hydrogen (secondary N) is 1. The maximum absolute atomic E-state index is 12.6.